The zero-order chi connectivity index (χ0) is 13.2. The van der Waals surface area contributed by atoms with Gasteiger partial charge >= 0.3 is 0 Å². The third kappa shape index (κ3) is 2.58. The monoisotopic (exact) mass is 269 g/mol. The molecule has 3 nitrogen and oxygen atoms in total. The summed E-state index contributed by atoms with van der Waals surface area (Å²) in [6.45, 7) is 4.22. The molecule has 3 rings (SSSR count). The Morgan fingerprint density at radius 2 is 1.95 bits per heavy atom. The minimum Gasteiger partial charge on any atom is -0.355 e. The van der Waals surface area contributed by atoms with Crippen LogP contribution in [0.2, 0.25) is 0 Å². The van der Waals surface area contributed by atoms with Crippen LogP contribution in [-0.4, -0.2) is 9.97 Å². The molecule has 0 radical (unpaired) electrons. The summed E-state index contributed by atoms with van der Waals surface area (Å²) in [6, 6.07) is 10.6. The Labute approximate surface area is 116 Å². The highest BCUT2D eigenvalue weighted by atomic mass is 32.1. The average Bonchev–Trinajstić information content (AvgIpc) is 2.81. The maximum atomic E-state index is 4.63. The van der Waals surface area contributed by atoms with Gasteiger partial charge in [-0.25, -0.2) is 4.98 Å². The minimum atomic E-state index is 0.227. The fourth-order valence-corrected chi connectivity index (χ4v) is 2.95. The molecule has 2 aromatic heterocycles. The summed E-state index contributed by atoms with van der Waals surface area (Å²) in [5.41, 5.74) is 3.52. The van der Waals surface area contributed by atoms with E-state index in [1.54, 1.807) is 11.3 Å². The van der Waals surface area contributed by atoms with Gasteiger partial charge in [-0.2, -0.15) is 0 Å². The van der Waals surface area contributed by atoms with Crippen molar-refractivity contribution >= 4 is 26.7 Å². The molecule has 0 spiro atoms. The summed E-state index contributed by atoms with van der Waals surface area (Å²) in [7, 11) is 0. The summed E-state index contributed by atoms with van der Waals surface area (Å²) in [4.78, 5) is 8.67. The SMILES string of the molecule is Cc1ccc2sc(NC(C)c3ccncc3)nc2c1. The number of hydrogen-bond acceptors (Lipinski definition) is 4. The van der Waals surface area contributed by atoms with Crippen molar-refractivity contribution in [3.05, 3.63) is 53.9 Å². The molecule has 19 heavy (non-hydrogen) atoms. The molecule has 1 atom stereocenters. The lowest BCUT2D eigenvalue weighted by atomic mass is 10.1. The van der Waals surface area contributed by atoms with E-state index in [0.717, 1.165) is 10.6 Å². The molecule has 4 heteroatoms. The molecule has 1 aromatic carbocycles. The van der Waals surface area contributed by atoms with Crippen LogP contribution in [0.15, 0.2) is 42.7 Å². The summed E-state index contributed by atoms with van der Waals surface area (Å²) in [5.74, 6) is 0. The lowest BCUT2D eigenvalue weighted by molar-refractivity contribution is 0.879. The van der Waals surface area contributed by atoms with Crippen molar-refractivity contribution in [2.75, 3.05) is 5.32 Å². The van der Waals surface area contributed by atoms with E-state index in [-0.39, 0.29) is 6.04 Å². The Morgan fingerprint density at radius 3 is 2.74 bits per heavy atom. The van der Waals surface area contributed by atoms with Crippen molar-refractivity contribution < 1.29 is 0 Å². The fraction of sp³-hybridized carbons (Fsp3) is 0.200. The number of aryl methyl sites for hydroxylation is 1. The van der Waals surface area contributed by atoms with Crippen LogP contribution in [0.3, 0.4) is 0 Å². The van der Waals surface area contributed by atoms with Crippen molar-refractivity contribution in [2.45, 2.75) is 19.9 Å². The first-order valence-corrected chi connectivity index (χ1v) is 7.08. The minimum absolute atomic E-state index is 0.227. The number of rotatable bonds is 3. The number of aromatic nitrogens is 2. The average molecular weight is 269 g/mol. The highest BCUT2D eigenvalue weighted by Crippen LogP contribution is 2.29. The van der Waals surface area contributed by atoms with Crippen LogP contribution in [0.25, 0.3) is 10.2 Å². The molecule has 0 aliphatic heterocycles. The van der Waals surface area contributed by atoms with Gasteiger partial charge in [0.1, 0.15) is 0 Å². The van der Waals surface area contributed by atoms with Gasteiger partial charge in [0, 0.05) is 12.4 Å². The molecule has 2 heterocycles. The lowest BCUT2D eigenvalue weighted by Crippen LogP contribution is -2.05. The molecule has 96 valence electrons. The summed E-state index contributed by atoms with van der Waals surface area (Å²) >= 11 is 1.69. The van der Waals surface area contributed by atoms with Gasteiger partial charge in [-0.3, -0.25) is 4.98 Å². The van der Waals surface area contributed by atoms with Crippen LogP contribution < -0.4 is 5.32 Å². The third-order valence-electron chi connectivity index (χ3n) is 3.09. The lowest BCUT2D eigenvalue weighted by Gasteiger charge is -2.12. The van der Waals surface area contributed by atoms with Crippen LogP contribution in [0.5, 0.6) is 0 Å². The zero-order valence-corrected chi connectivity index (χ0v) is 11.7. The van der Waals surface area contributed by atoms with Gasteiger partial charge in [0.05, 0.1) is 16.3 Å². The number of anilines is 1. The zero-order valence-electron chi connectivity index (χ0n) is 10.9. The maximum Gasteiger partial charge on any atom is 0.184 e. The van der Waals surface area contributed by atoms with Crippen molar-refractivity contribution in [2.24, 2.45) is 0 Å². The van der Waals surface area contributed by atoms with E-state index in [1.807, 2.05) is 24.5 Å². The molecular formula is C15H15N3S. The molecule has 0 fully saturated rings. The van der Waals surface area contributed by atoms with Crippen LogP contribution in [0, 0.1) is 6.92 Å². The molecule has 0 aliphatic rings. The topological polar surface area (TPSA) is 37.8 Å². The smallest absolute Gasteiger partial charge is 0.184 e. The van der Waals surface area contributed by atoms with E-state index in [2.05, 4.69) is 47.3 Å². The predicted molar refractivity (Wildman–Crippen MR) is 80.6 cm³/mol. The van der Waals surface area contributed by atoms with Crippen molar-refractivity contribution in [1.82, 2.24) is 9.97 Å². The largest absolute Gasteiger partial charge is 0.355 e. The fourth-order valence-electron chi connectivity index (χ4n) is 2.02. The van der Waals surface area contributed by atoms with Crippen LogP contribution in [0.1, 0.15) is 24.1 Å². The predicted octanol–water partition coefficient (Wildman–Crippen LogP) is 4.17. The highest BCUT2D eigenvalue weighted by Gasteiger charge is 2.08. The Bertz CT molecular complexity index is 691. The molecule has 1 N–H and O–H groups in total. The molecule has 3 aromatic rings. The van der Waals surface area contributed by atoms with E-state index in [4.69, 9.17) is 0 Å². The molecule has 0 aliphatic carbocycles. The van der Waals surface area contributed by atoms with Crippen LogP contribution >= 0.6 is 11.3 Å². The van der Waals surface area contributed by atoms with Gasteiger partial charge in [-0.05, 0) is 49.2 Å². The van der Waals surface area contributed by atoms with Crippen molar-refractivity contribution in [3.8, 4) is 0 Å². The number of benzene rings is 1. The van der Waals surface area contributed by atoms with E-state index in [1.165, 1.54) is 15.8 Å². The van der Waals surface area contributed by atoms with Crippen molar-refractivity contribution in [1.29, 1.82) is 0 Å². The number of pyridine rings is 1. The van der Waals surface area contributed by atoms with E-state index in [0.29, 0.717) is 0 Å². The van der Waals surface area contributed by atoms with Gasteiger partial charge < -0.3 is 5.32 Å². The number of nitrogens with zero attached hydrogens (tertiary/aromatic N) is 2. The van der Waals surface area contributed by atoms with Crippen molar-refractivity contribution in [3.63, 3.8) is 0 Å². The van der Waals surface area contributed by atoms with E-state index in [9.17, 15) is 0 Å². The number of thiazole rings is 1. The standard InChI is InChI=1S/C15H15N3S/c1-10-3-4-14-13(9-10)18-15(19-14)17-11(2)12-5-7-16-8-6-12/h3-9,11H,1-2H3,(H,17,18). The molecule has 0 saturated carbocycles. The second-order valence-corrected chi connectivity index (χ2v) is 5.67. The summed E-state index contributed by atoms with van der Waals surface area (Å²) in [6.07, 6.45) is 3.63. The second-order valence-electron chi connectivity index (χ2n) is 4.64. The van der Waals surface area contributed by atoms with Gasteiger partial charge in [-0.1, -0.05) is 17.4 Å². The van der Waals surface area contributed by atoms with Gasteiger partial charge in [0.15, 0.2) is 5.13 Å². The van der Waals surface area contributed by atoms with E-state index < -0.39 is 0 Å². The first-order chi connectivity index (χ1) is 9.22. The van der Waals surface area contributed by atoms with Gasteiger partial charge in [0.25, 0.3) is 0 Å². The number of nitrogens with one attached hydrogen (secondary N) is 1. The summed E-state index contributed by atoms with van der Waals surface area (Å²) in [5, 5.41) is 4.41. The molecule has 1 unspecified atom stereocenters. The quantitative estimate of drug-likeness (QED) is 0.775. The number of fused-ring (bicyclic) bond motifs is 1. The van der Waals surface area contributed by atoms with Crippen LogP contribution in [-0.2, 0) is 0 Å². The summed E-state index contributed by atoms with van der Waals surface area (Å²) < 4.78 is 1.22. The van der Waals surface area contributed by atoms with Crippen LogP contribution in [0.4, 0.5) is 5.13 Å². The molecule has 0 bridgehead atoms. The second kappa shape index (κ2) is 4.97. The first-order valence-electron chi connectivity index (χ1n) is 6.26. The molecular weight excluding hydrogens is 254 g/mol. The Balaban J connectivity index is 1.85. The van der Waals surface area contributed by atoms with E-state index >= 15 is 0 Å². The van der Waals surface area contributed by atoms with Gasteiger partial charge in [0.2, 0.25) is 0 Å². The maximum absolute atomic E-state index is 4.63. The Kier molecular flexibility index (Phi) is 3.17. The first kappa shape index (κ1) is 12.1. The normalized spacial score (nSPS) is 12.5. The molecule has 0 saturated heterocycles. The molecule has 0 amide bonds. The third-order valence-corrected chi connectivity index (χ3v) is 4.06. The Morgan fingerprint density at radius 1 is 1.16 bits per heavy atom. The number of hydrogen-bond donors (Lipinski definition) is 1. The van der Waals surface area contributed by atoms with Gasteiger partial charge in [-0.15, -0.1) is 0 Å². The highest BCUT2D eigenvalue weighted by molar-refractivity contribution is 7.22. The Hall–Kier alpha value is -1.94.